The number of rotatable bonds is 4. The molecule has 1 aromatic heterocycles. The molecule has 0 unspecified atom stereocenters. The van der Waals surface area contributed by atoms with Gasteiger partial charge in [0.1, 0.15) is 4.90 Å². The summed E-state index contributed by atoms with van der Waals surface area (Å²) < 4.78 is 28.3. The van der Waals surface area contributed by atoms with Crippen molar-refractivity contribution < 1.29 is 8.42 Å². The summed E-state index contributed by atoms with van der Waals surface area (Å²) in [6.07, 6.45) is 3.63. The number of nitrogens with one attached hydrogen (secondary N) is 2. The van der Waals surface area contributed by atoms with E-state index in [4.69, 9.17) is 0 Å². The molecule has 2 N–H and O–H groups in total. The smallest absolute Gasteiger partial charge is 0.265 e. The molecule has 1 fully saturated rings. The van der Waals surface area contributed by atoms with Gasteiger partial charge in [-0.25, -0.2) is 8.42 Å². The number of hydrogen-bond donors (Lipinski definition) is 2. The molecule has 1 aromatic carbocycles. The van der Waals surface area contributed by atoms with E-state index in [-0.39, 0.29) is 4.90 Å². The molecule has 0 spiro atoms. The first-order valence-electron chi connectivity index (χ1n) is 8.28. The van der Waals surface area contributed by atoms with Crippen molar-refractivity contribution in [3.05, 3.63) is 35.2 Å². The molecule has 2 aromatic rings. The minimum atomic E-state index is -3.66. The van der Waals surface area contributed by atoms with Crippen LogP contribution in [-0.4, -0.2) is 31.7 Å². The number of nitrogens with zero attached hydrogens (tertiary/aromatic N) is 2. The second-order valence-corrected chi connectivity index (χ2v) is 8.03. The Balaban J connectivity index is 1.92. The molecule has 1 aliphatic rings. The van der Waals surface area contributed by atoms with E-state index in [1.807, 2.05) is 19.1 Å². The highest BCUT2D eigenvalue weighted by Crippen LogP contribution is 2.28. The Kier molecular flexibility index (Phi) is 4.54. The van der Waals surface area contributed by atoms with Gasteiger partial charge in [-0.1, -0.05) is 6.07 Å². The van der Waals surface area contributed by atoms with Gasteiger partial charge in [0.15, 0.2) is 0 Å². The van der Waals surface area contributed by atoms with Crippen molar-refractivity contribution in [3.8, 4) is 0 Å². The third-order valence-corrected chi connectivity index (χ3v) is 6.14. The topological polar surface area (TPSA) is 78.1 Å². The molecule has 3 rings (SSSR count). The lowest BCUT2D eigenvalue weighted by Crippen LogP contribution is -2.29. The van der Waals surface area contributed by atoms with E-state index in [9.17, 15) is 8.42 Å². The fourth-order valence-corrected chi connectivity index (χ4v) is 4.70. The fraction of sp³-hybridized carbons (Fsp3) is 0.471. The predicted molar refractivity (Wildman–Crippen MR) is 96.1 cm³/mol. The summed E-state index contributed by atoms with van der Waals surface area (Å²) >= 11 is 0. The minimum Gasteiger partial charge on any atom is -0.371 e. The number of anilines is 2. The first-order chi connectivity index (χ1) is 11.4. The summed E-state index contributed by atoms with van der Waals surface area (Å²) in [6.45, 7) is 7.36. The molecular formula is C17H24N4O2S. The number of hydrogen-bond acceptors (Lipinski definition) is 4. The lowest BCUT2D eigenvalue weighted by Gasteiger charge is -2.29. The number of aryl methyl sites for hydroxylation is 3. The molecular weight excluding hydrogens is 324 g/mol. The maximum absolute atomic E-state index is 12.8. The highest BCUT2D eigenvalue weighted by atomic mass is 32.2. The first kappa shape index (κ1) is 16.8. The second kappa shape index (κ2) is 6.47. The maximum atomic E-state index is 12.8. The number of piperidine rings is 1. The summed E-state index contributed by atoms with van der Waals surface area (Å²) in [6, 6.07) is 5.96. The SMILES string of the molecule is Cc1ccc(N2CCCCC2)cc1NS(=O)(=O)c1c(C)n[nH]c1C. The van der Waals surface area contributed by atoms with Crippen LogP contribution in [0.5, 0.6) is 0 Å². The molecule has 130 valence electrons. The van der Waals surface area contributed by atoms with Crippen molar-refractivity contribution in [1.82, 2.24) is 10.2 Å². The Labute approximate surface area is 143 Å². The van der Waals surface area contributed by atoms with Crippen LogP contribution < -0.4 is 9.62 Å². The van der Waals surface area contributed by atoms with Gasteiger partial charge in [0, 0.05) is 18.8 Å². The van der Waals surface area contributed by atoms with E-state index >= 15 is 0 Å². The van der Waals surface area contributed by atoms with Crippen LogP contribution >= 0.6 is 0 Å². The predicted octanol–water partition coefficient (Wildman–Crippen LogP) is 3.13. The normalized spacial score (nSPS) is 15.5. The second-order valence-electron chi connectivity index (χ2n) is 6.42. The quantitative estimate of drug-likeness (QED) is 0.890. The number of aromatic nitrogens is 2. The Bertz CT molecular complexity index is 817. The van der Waals surface area contributed by atoms with Gasteiger partial charge in [0.2, 0.25) is 0 Å². The van der Waals surface area contributed by atoms with Gasteiger partial charge in [-0.3, -0.25) is 9.82 Å². The Morgan fingerprint density at radius 1 is 1.12 bits per heavy atom. The van der Waals surface area contributed by atoms with Gasteiger partial charge >= 0.3 is 0 Å². The molecule has 1 saturated heterocycles. The zero-order valence-electron chi connectivity index (χ0n) is 14.4. The van der Waals surface area contributed by atoms with E-state index in [1.165, 1.54) is 19.3 Å². The average Bonchev–Trinajstić information content (AvgIpc) is 2.90. The number of sulfonamides is 1. The van der Waals surface area contributed by atoms with Crippen molar-refractivity contribution in [3.63, 3.8) is 0 Å². The van der Waals surface area contributed by atoms with Crippen LogP contribution in [0.1, 0.15) is 36.2 Å². The van der Waals surface area contributed by atoms with Crippen molar-refractivity contribution in [2.45, 2.75) is 44.9 Å². The number of aromatic amines is 1. The van der Waals surface area contributed by atoms with Crippen LogP contribution in [0, 0.1) is 20.8 Å². The Hall–Kier alpha value is -2.02. The minimum absolute atomic E-state index is 0.227. The first-order valence-corrected chi connectivity index (χ1v) is 9.77. The molecule has 0 amide bonds. The van der Waals surface area contributed by atoms with Crippen molar-refractivity contribution in [2.75, 3.05) is 22.7 Å². The molecule has 6 nitrogen and oxygen atoms in total. The highest BCUT2D eigenvalue weighted by molar-refractivity contribution is 7.92. The fourth-order valence-electron chi connectivity index (χ4n) is 3.20. The molecule has 24 heavy (non-hydrogen) atoms. The Morgan fingerprint density at radius 2 is 1.83 bits per heavy atom. The van der Waals surface area contributed by atoms with Crippen molar-refractivity contribution >= 4 is 21.4 Å². The van der Waals surface area contributed by atoms with E-state index in [0.717, 1.165) is 24.3 Å². The third kappa shape index (κ3) is 3.26. The largest absolute Gasteiger partial charge is 0.371 e. The van der Waals surface area contributed by atoms with Gasteiger partial charge in [-0.2, -0.15) is 5.10 Å². The number of benzene rings is 1. The van der Waals surface area contributed by atoms with Crippen LogP contribution in [0.3, 0.4) is 0 Å². The number of H-pyrrole nitrogens is 1. The van der Waals surface area contributed by atoms with Gasteiger partial charge in [0.25, 0.3) is 10.0 Å². The zero-order valence-corrected chi connectivity index (χ0v) is 15.2. The molecule has 0 saturated carbocycles. The van der Waals surface area contributed by atoms with Crippen LogP contribution in [0.2, 0.25) is 0 Å². The summed E-state index contributed by atoms with van der Waals surface area (Å²) in [7, 11) is -3.66. The van der Waals surface area contributed by atoms with E-state index in [0.29, 0.717) is 17.1 Å². The summed E-state index contributed by atoms with van der Waals surface area (Å²) in [4.78, 5) is 2.54. The monoisotopic (exact) mass is 348 g/mol. The third-order valence-electron chi connectivity index (χ3n) is 4.52. The molecule has 2 heterocycles. The molecule has 0 radical (unpaired) electrons. The molecule has 0 bridgehead atoms. The maximum Gasteiger partial charge on any atom is 0.265 e. The standard InChI is InChI=1S/C17H24N4O2S/c1-12-7-8-15(21-9-5-4-6-10-21)11-16(12)20-24(22,23)17-13(2)18-19-14(17)3/h7-8,11,20H,4-6,9-10H2,1-3H3,(H,18,19). The average molecular weight is 348 g/mol. The Morgan fingerprint density at radius 3 is 2.46 bits per heavy atom. The van der Waals surface area contributed by atoms with Crippen LogP contribution in [0.15, 0.2) is 23.1 Å². The van der Waals surface area contributed by atoms with E-state index < -0.39 is 10.0 Å². The van der Waals surface area contributed by atoms with Gasteiger partial charge < -0.3 is 4.90 Å². The van der Waals surface area contributed by atoms with Gasteiger partial charge in [-0.05, 0) is 57.7 Å². The van der Waals surface area contributed by atoms with E-state index in [2.05, 4.69) is 25.9 Å². The van der Waals surface area contributed by atoms with Crippen LogP contribution in [-0.2, 0) is 10.0 Å². The van der Waals surface area contributed by atoms with Crippen molar-refractivity contribution in [1.29, 1.82) is 0 Å². The summed E-state index contributed by atoms with van der Waals surface area (Å²) in [5, 5.41) is 6.71. The zero-order chi connectivity index (χ0) is 17.3. The van der Waals surface area contributed by atoms with Crippen LogP contribution in [0.4, 0.5) is 11.4 Å². The molecule has 0 atom stereocenters. The van der Waals surface area contributed by atoms with Crippen molar-refractivity contribution in [2.24, 2.45) is 0 Å². The summed E-state index contributed by atoms with van der Waals surface area (Å²) in [5.74, 6) is 0. The van der Waals surface area contributed by atoms with Gasteiger partial charge in [-0.15, -0.1) is 0 Å². The van der Waals surface area contributed by atoms with Crippen LogP contribution in [0.25, 0.3) is 0 Å². The lowest BCUT2D eigenvalue weighted by molar-refractivity contribution is 0.578. The highest BCUT2D eigenvalue weighted by Gasteiger charge is 2.23. The molecule has 0 aliphatic carbocycles. The molecule has 1 aliphatic heterocycles. The van der Waals surface area contributed by atoms with Gasteiger partial charge in [0.05, 0.1) is 17.1 Å². The molecule has 7 heteroatoms. The lowest BCUT2D eigenvalue weighted by atomic mass is 10.1. The van der Waals surface area contributed by atoms with E-state index in [1.54, 1.807) is 13.8 Å². The summed E-state index contributed by atoms with van der Waals surface area (Å²) in [5.41, 5.74) is 3.62.